The third-order valence-electron chi connectivity index (χ3n) is 5.05. The first-order valence-corrected chi connectivity index (χ1v) is 13.5. The van der Waals surface area contributed by atoms with Gasteiger partial charge in [0, 0.05) is 9.50 Å². The summed E-state index contributed by atoms with van der Waals surface area (Å²) in [6.45, 7) is 2.90. The summed E-state index contributed by atoms with van der Waals surface area (Å²) in [5.74, 6) is 0.785. The summed E-state index contributed by atoms with van der Waals surface area (Å²) in [5, 5.41) is 0.289. The molecule has 0 aromatic heterocycles. The van der Waals surface area contributed by atoms with E-state index in [-0.39, 0.29) is 17.7 Å². The molecule has 1 aliphatic heterocycles. The van der Waals surface area contributed by atoms with Gasteiger partial charge in [-0.2, -0.15) is 0 Å². The number of carbonyl (C=O) groups excluding carboxylic acids is 2. The molecule has 3 aromatic carbocycles. The molecule has 1 saturated heterocycles. The fourth-order valence-electron chi connectivity index (χ4n) is 3.37. The third-order valence-corrected chi connectivity index (χ3v) is 7.33. The smallest absolute Gasteiger partial charge is 0.293 e. The van der Waals surface area contributed by atoms with E-state index >= 15 is 0 Å². The van der Waals surface area contributed by atoms with Crippen molar-refractivity contribution in [2.75, 3.05) is 6.61 Å². The molecule has 0 atom stereocenters. The lowest BCUT2D eigenvalue weighted by Crippen LogP contribution is -2.27. The Morgan fingerprint density at radius 1 is 0.971 bits per heavy atom. The monoisotopic (exact) mass is 635 g/mol. The number of amides is 2. The molecule has 1 aliphatic rings. The number of halogens is 3. The zero-order chi connectivity index (χ0) is 24.9. The number of hydrogen-bond donors (Lipinski definition) is 0. The Kier molecular flexibility index (Phi) is 8.59. The van der Waals surface area contributed by atoms with Crippen LogP contribution in [0.5, 0.6) is 11.5 Å². The van der Waals surface area contributed by atoms with Crippen molar-refractivity contribution in [1.29, 1.82) is 0 Å². The second-order valence-electron chi connectivity index (χ2n) is 7.57. The molecule has 2 amide bonds. The van der Waals surface area contributed by atoms with Crippen LogP contribution in [0.1, 0.15) is 23.6 Å². The lowest BCUT2D eigenvalue weighted by molar-refractivity contribution is -0.123. The normalized spacial score (nSPS) is 14.6. The van der Waals surface area contributed by atoms with Crippen LogP contribution in [0.3, 0.4) is 0 Å². The fourth-order valence-corrected chi connectivity index (χ4v) is 5.17. The summed E-state index contributed by atoms with van der Waals surface area (Å²) in [7, 11) is 0. The molecule has 0 saturated carbocycles. The van der Waals surface area contributed by atoms with E-state index in [1.54, 1.807) is 36.4 Å². The highest BCUT2D eigenvalue weighted by atomic mass is 79.9. The highest BCUT2D eigenvalue weighted by Gasteiger charge is 2.35. The summed E-state index contributed by atoms with van der Waals surface area (Å²) >= 11 is 13.8. The van der Waals surface area contributed by atoms with Gasteiger partial charge in [-0.3, -0.25) is 14.5 Å². The summed E-state index contributed by atoms with van der Waals surface area (Å²) in [4.78, 5) is 27.1. The standard InChI is InChI=1S/C26H20Br2ClNO4S/c1-2-33-22-12-18(11-21(28)24(22)34-15-17-3-7-19(27)8-4-17)13-23-25(31)30(26(32)35-23)14-16-5-9-20(29)10-6-16/h3-13H,2,14-15H2,1H3/b23-13-. The van der Waals surface area contributed by atoms with Gasteiger partial charge in [-0.15, -0.1) is 0 Å². The molecular weight excluding hydrogens is 618 g/mol. The van der Waals surface area contributed by atoms with Crippen LogP contribution >= 0.6 is 55.2 Å². The zero-order valence-electron chi connectivity index (χ0n) is 18.6. The largest absolute Gasteiger partial charge is 0.490 e. The zero-order valence-corrected chi connectivity index (χ0v) is 23.3. The number of imide groups is 1. The number of carbonyl (C=O) groups is 2. The van der Waals surface area contributed by atoms with E-state index in [2.05, 4.69) is 31.9 Å². The lowest BCUT2D eigenvalue weighted by Gasteiger charge is -2.15. The van der Waals surface area contributed by atoms with Gasteiger partial charge < -0.3 is 9.47 Å². The van der Waals surface area contributed by atoms with Crippen molar-refractivity contribution in [2.45, 2.75) is 20.1 Å². The summed E-state index contributed by atoms with van der Waals surface area (Å²) in [6, 6.07) is 18.6. The third kappa shape index (κ3) is 6.50. The number of ether oxygens (including phenoxy) is 2. The van der Waals surface area contributed by atoms with E-state index in [4.69, 9.17) is 21.1 Å². The molecule has 180 valence electrons. The first-order chi connectivity index (χ1) is 16.8. The summed E-state index contributed by atoms with van der Waals surface area (Å²) in [6.07, 6.45) is 1.69. The minimum Gasteiger partial charge on any atom is -0.490 e. The van der Waals surface area contributed by atoms with Gasteiger partial charge in [-0.05, 0) is 93.8 Å². The maximum Gasteiger partial charge on any atom is 0.293 e. The Labute approximate surface area is 229 Å². The van der Waals surface area contributed by atoms with E-state index in [1.807, 2.05) is 37.3 Å². The van der Waals surface area contributed by atoms with E-state index in [1.165, 1.54) is 4.90 Å². The summed E-state index contributed by atoms with van der Waals surface area (Å²) < 4.78 is 13.6. The number of rotatable bonds is 8. The van der Waals surface area contributed by atoms with Gasteiger partial charge in [0.1, 0.15) is 6.61 Å². The number of nitrogens with zero attached hydrogens (tertiary/aromatic N) is 1. The predicted octanol–water partition coefficient (Wildman–Crippen LogP) is 8.08. The first kappa shape index (κ1) is 25.8. The Hall–Kier alpha value is -2.26. The average Bonchev–Trinajstić information content (AvgIpc) is 3.08. The molecule has 0 bridgehead atoms. The van der Waals surface area contributed by atoms with Crippen molar-refractivity contribution in [1.82, 2.24) is 4.90 Å². The van der Waals surface area contributed by atoms with E-state index in [0.29, 0.717) is 44.7 Å². The molecular formula is C26H20Br2ClNO4S. The first-order valence-electron chi connectivity index (χ1n) is 10.7. The molecule has 9 heteroatoms. The van der Waals surface area contributed by atoms with Crippen LogP contribution in [0.2, 0.25) is 5.02 Å². The van der Waals surface area contributed by atoms with Crippen molar-refractivity contribution >= 4 is 72.4 Å². The Balaban J connectivity index is 1.54. The van der Waals surface area contributed by atoms with Gasteiger partial charge in [0.25, 0.3) is 11.1 Å². The number of hydrogen-bond acceptors (Lipinski definition) is 5. The lowest BCUT2D eigenvalue weighted by atomic mass is 10.1. The highest BCUT2D eigenvalue weighted by Crippen LogP contribution is 2.40. The van der Waals surface area contributed by atoms with Crippen LogP contribution < -0.4 is 9.47 Å². The van der Waals surface area contributed by atoms with Crippen LogP contribution in [0.4, 0.5) is 4.79 Å². The molecule has 0 unspecified atom stereocenters. The Morgan fingerprint density at radius 3 is 2.34 bits per heavy atom. The van der Waals surface area contributed by atoms with Crippen molar-refractivity contribution in [3.63, 3.8) is 0 Å². The topological polar surface area (TPSA) is 55.8 Å². The minimum atomic E-state index is -0.334. The van der Waals surface area contributed by atoms with Gasteiger partial charge in [-0.25, -0.2) is 0 Å². The van der Waals surface area contributed by atoms with E-state index < -0.39 is 0 Å². The van der Waals surface area contributed by atoms with Gasteiger partial charge >= 0.3 is 0 Å². The second-order valence-corrected chi connectivity index (χ2v) is 10.8. The van der Waals surface area contributed by atoms with Gasteiger partial charge in [0.15, 0.2) is 11.5 Å². The molecule has 1 fully saturated rings. The molecule has 0 radical (unpaired) electrons. The van der Waals surface area contributed by atoms with E-state index in [0.717, 1.165) is 27.4 Å². The molecule has 0 spiro atoms. The van der Waals surface area contributed by atoms with Crippen molar-refractivity contribution in [3.8, 4) is 11.5 Å². The molecule has 4 rings (SSSR count). The molecule has 1 heterocycles. The molecule has 0 aliphatic carbocycles. The summed E-state index contributed by atoms with van der Waals surface area (Å²) in [5.41, 5.74) is 2.56. The van der Waals surface area contributed by atoms with Crippen molar-refractivity contribution in [2.24, 2.45) is 0 Å². The van der Waals surface area contributed by atoms with Crippen molar-refractivity contribution < 1.29 is 19.1 Å². The van der Waals surface area contributed by atoms with Gasteiger partial charge in [-0.1, -0.05) is 51.8 Å². The quantitative estimate of drug-likeness (QED) is 0.234. The highest BCUT2D eigenvalue weighted by molar-refractivity contribution is 9.10. The molecule has 5 nitrogen and oxygen atoms in total. The van der Waals surface area contributed by atoms with Crippen LogP contribution in [0.15, 0.2) is 74.5 Å². The maximum atomic E-state index is 13.0. The van der Waals surface area contributed by atoms with Crippen LogP contribution in [0, 0.1) is 0 Å². The number of benzene rings is 3. The Bertz CT molecular complexity index is 1280. The van der Waals surface area contributed by atoms with Crippen LogP contribution in [-0.4, -0.2) is 22.7 Å². The second kappa shape index (κ2) is 11.6. The Morgan fingerprint density at radius 2 is 1.66 bits per heavy atom. The fraction of sp³-hybridized carbons (Fsp3) is 0.154. The van der Waals surface area contributed by atoms with Crippen LogP contribution in [-0.2, 0) is 17.9 Å². The number of thioether (sulfide) groups is 1. The van der Waals surface area contributed by atoms with E-state index in [9.17, 15) is 9.59 Å². The molecule has 0 N–H and O–H groups in total. The molecule has 35 heavy (non-hydrogen) atoms. The van der Waals surface area contributed by atoms with Gasteiger partial charge in [0.05, 0.1) is 22.5 Å². The minimum absolute atomic E-state index is 0.190. The van der Waals surface area contributed by atoms with Crippen LogP contribution in [0.25, 0.3) is 6.08 Å². The average molecular weight is 638 g/mol. The maximum absolute atomic E-state index is 13.0. The van der Waals surface area contributed by atoms with Gasteiger partial charge in [0.2, 0.25) is 0 Å². The predicted molar refractivity (Wildman–Crippen MR) is 147 cm³/mol. The SMILES string of the molecule is CCOc1cc(/C=C2\SC(=O)N(Cc3ccc(Cl)cc3)C2=O)cc(Br)c1OCc1ccc(Br)cc1. The van der Waals surface area contributed by atoms with Crippen molar-refractivity contribution in [3.05, 3.63) is 96.2 Å². The molecule has 3 aromatic rings.